The van der Waals surface area contributed by atoms with E-state index in [1.54, 1.807) is 74.9 Å². The first-order valence-electron chi connectivity index (χ1n) is 13.5. The average Bonchev–Trinajstić information content (AvgIpc) is 3.45. The lowest BCUT2D eigenvalue weighted by Gasteiger charge is -2.31. The van der Waals surface area contributed by atoms with E-state index in [9.17, 15) is 24.0 Å². The van der Waals surface area contributed by atoms with Crippen LogP contribution in [0.5, 0.6) is 0 Å². The summed E-state index contributed by atoms with van der Waals surface area (Å²) >= 11 is 1.37. The number of anilines is 3. The monoisotopic (exact) mass is 590 g/mol. The van der Waals surface area contributed by atoms with Crippen molar-refractivity contribution >= 4 is 58.0 Å². The molecule has 2 N–H and O–H groups in total. The molecular formula is C31H34N4O6S. The van der Waals surface area contributed by atoms with Gasteiger partial charge in [-0.25, -0.2) is 9.59 Å². The number of aryl methyl sites for hydroxylation is 1. The number of nitrogens with zero attached hydrogens (tertiary/aromatic N) is 2. The Balaban J connectivity index is 1.68. The van der Waals surface area contributed by atoms with Crippen LogP contribution < -0.4 is 20.4 Å². The zero-order chi connectivity index (χ0) is 30.6. The second-order valence-corrected chi connectivity index (χ2v) is 11.7. The minimum atomic E-state index is -1.19. The number of ether oxygens (including phenoxy) is 1. The lowest BCUT2D eigenvalue weighted by Crippen LogP contribution is -2.55. The van der Waals surface area contributed by atoms with E-state index in [-0.39, 0.29) is 37.0 Å². The number of carbonyl (C=O) groups is 5. The third kappa shape index (κ3) is 6.85. The van der Waals surface area contributed by atoms with E-state index in [1.807, 2.05) is 13.0 Å². The van der Waals surface area contributed by atoms with Gasteiger partial charge in [0.05, 0.1) is 36.6 Å². The van der Waals surface area contributed by atoms with E-state index < -0.39 is 29.4 Å². The third-order valence-corrected chi connectivity index (χ3v) is 7.29. The fourth-order valence-corrected chi connectivity index (χ4v) is 5.19. The van der Waals surface area contributed by atoms with Crippen molar-refractivity contribution in [3.63, 3.8) is 0 Å². The van der Waals surface area contributed by atoms with Crippen molar-refractivity contribution in [2.24, 2.45) is 5.41 Å². The predicted molar refractivity (Wildman–Crippen MR) is 162 cm³/mol. The molecule has 10 nitrogen and oxygen atoms in total. The highest BCUT2D eigenvalue weighted by atomic mass is 32.1. The molecule has 0 saturated carbocycles. The van der Waals surface area contributed by atoms with Gasteiger partial charge in [0, 0.05) is 22.0 Å². The van der Waals surface area contributed by atoms with Gasteiger partial charge in [0.15, 0.2) is 5.78 Å². The minimum absolute atomic E-state index is 0.148. The Kier molecular flexibility index (Phi) is 9.11. The van der Waals surface area contributed by atoms with E-state index in [0.717, 1.165) is 5.56 Å². The van der Waals surface area contributed by atoms with Crippen LogP contribution in [0.15, 0.2) is 59.3 Å². The molecule has 0 aliphatic carbocycles. The molecule has 4 rings (SSSR count). The van der Waals surface area contributed by atoms with E-state index in [2.05, 4.69) is 10.6 Å². The van der Waals surface area contributed by atoms with Crippen molar-refractivity contribution in [2.45, 2.75) is 40.7 Å². The number of urea groups is 1. The van der Waals surface area contributed by atoms with Crippen LogP contribution in [0, 0.1) is 12.3 Å². The topological polar surface area (TPSA) is 125 Å². The summed E-state index contributed by atoms with van der Waals surface area (Å²) in [5.41, 5.74) is 1.96. The molecule has 0 radical (unpaired) electrons. The molecular weight excluding hydrogens is 556 g/mol. The number of hydrogen-bond acceptors (Lipinski definition) is 7. The number of hydrogen-bond donors (Lipinski definition) is 2. The second-order valence-electron chi connectivity index (χ2n) is 11.0. The number of thiophene rings is 1. The predicted octanol–water partition coefficient (Wildman–Crippen LogP) is 5.03. The molecule has 1 aliphatic heterocycles. The molecule has 1 aromatic heterocycles. The molecule has 220 valence electrons. The number of nitrogens with one attached hydrogen (secondary N) is 2. The number of rotatable bonds is 7. The zero-order valence-corrected chi connectivity index (χ0v) is 25.0. The molecule has 11 heteroatoms. The smallest absolute Gasteiger partial charge is 0.338 e. The van der Waals surface area contributed by atoms with Gasteiger partial charge in [-0.3, -0.25) is 14.4 Å². The van der Waals surface area contributed by atoms with Crippen LogP contribution in [0.4, 0.5) is 21.9 Å². The molecule has 0 saturated heterocycles. The van der Waals surface area contributed by atoms with Gasteiger partial charge in [0.2, 0.25) is 5.91 Å². The van der Waals surface area contributed by atoms with Crippen LogP contribution in [-0.4, -0.2) is 55.3 Å². The van der Waals surface area contributed by atoms with Crippen LogP contribution in [-0.2, 0) is 14.3 Å². The SMILES string of the molecule is CCOC(=O)c1cccc(NC(=O)NC2CN(C(=O)C(C)(C)C)c3ccc(C)cc3N(CC(=O)c3ccsc3)C2=O)c1. The summed E-state index contributed by atoms with van der Waals surface area (Å²) in [5, 5.41) is 8.84. The maximum atomic E-state index is 14.1. The molecule has 1 unspecified atom stereocenters. The maximum Gasteiger partial charge on any atom is 0.338 e. The summed E-state index contributed by atoms with van der Waals surface area (Å²) in [6, 6.07) is 11.4. The highest BCUT2D eigenvalue weighted by molar-refractivity contribution is 7.08. The lowest BCUT2D eigenvalue weighted by molar-refractivity contribution is -0.126. The number of fused-ring (bicyclic) bond motifs is 1. The van der Waals surface area contributed by atoms with Crippen LogP contribution in [0.3, 0.4) is 0 Å². The van der Waals surface area contributed by atoms with Gasteiger partial charge in [-0.1, -0.05) is 32.9 Å². The second kappa shape index (κ2) is 12.6. The molecule has 2 aromatic carbocycles. The van der Waals surface area contributed by atoms with Gasteiger partial charge in [-0.05, 0) is 61.2 Å². The summed E-state index contributed by atoms with van der Waals surface area (Å²) in [5.74, 6) is -1.59. The van der Waals surface area contributed by atoms with Crippen molar-refractivity contribution in [3.05, 3.63) is 76.0 Å². The van der Waals surface area contributed by atoms with E-state index >= 15 is 0 Å². The summed E-state index contributed by atoms with van der Waals surface area (Å²) in [6.07, 6.45) is 0. The molecule has 42 heavy (non-hydrogen) atoms. The number of Topliss-reactive ketones (excluding diaryl/α,β-unsaturated/α-hetero) is 1. The normalized spacial score (nSPS) is 15.0. The summed E-state index contributed by atoms with van der Waals surface area (Å²) in [4.78, 5) is 69.1. The van der Waals surface area contributed by atoms with Gasteiger partial charge in [-0.15, -0.1) is 0 Å². The Morgan fingerprint density at radius 1 is 1.02 bits per heavy atom. The number of benzene rings is 2. The average molecular weight is 591 g/mol. The van der Waals surface area contributed by atoms with Crippen molar-refractivity contribution in [2.75, 3.05) is 34.8 Å². The third-order valence-electron chi connectivity index (χ3n) is 6.61. The van der Waals surface area contributed by atoms with Gasteiger partial charge >= 0.3 is 12.0 Å². The lowest BCUT2D eigenvalue weighted by atomic mass is 9.94. The molecule has 3 aromatic rings. The van der Waals surface area contributed by atoms with E-state index in [1.165, 1.54) is 27.2 Å². The van der Waals surface area contributed by atoms with Gasteiger partial charge in [0.25, 0.3) is 5.91 Å². The Hall–Kier alpha value is -4.51. The first kappa shape index (κ1) is 30.4. The number of amides is 4. The van der Waals surface area contributed by atoms with Crippen LogP contribution >= 0.6 is 11.3 Å². The highest BCUT2D eigenvalue weighted by Gasteiger charge is 2.40. The quantitative estimate of drug-likeness (QED) is 0.294. The molecule has 1 atom stereocenters. The fourth-order valence-electron chi connectivity index (χ4n) is 4.53. The van der Waals surface area contributed by atoms with E-state index in [0.29, 0.717) is 22.6 Å². The van der Waals surface area contributed by atoms with Crippen molar-refractivity contribution < 1.29 is 28.7 Å². The van der Waals surface area contributed by atoms with Crippen molar-refractivity contribution in [1.82, 2.24) is 5.32 Å². The van der Waals surface area contributed by atoms with Crippen LogP contribution in [0.25, 0.3) is 0 Å². The van der Waals surface area contributed by atoms with E-state index in [4.69, 9.17) is 4.74 Å². The summed E-state index contributed by atoms with van der Waals surface area (Å²) in [7, 11) is 0. The first-order chi connectivity index (χ1) is 19.9. The van der Waals surface area contributed by atoms with Gasteiger partial charge in [0.1, 0.15) is 6.04 Å². The highest BCUT2D eigenvalue weighted by Crippen LogP contribution is 2.36. The molecule has 2 heterocycles. The largest absolute Gasteiger partial charge is 0.462 e. The Morgan fingerprint density at radius 3 is 2.45 bits per heavy atom. The first-order valence-corrected chi connectivity index (χ1v) is 14.5. The van der Waals surface area contributed by atoms with Gasteiger partial charge in [-0.2, -0.15) is 11.3 Å². The number of carbonyl (C=O) groups excluding carboxylic acids is 5. The Bertz CT molecular complexity index is 1510. The van der Waals surface area contributed by atoms with Crippen LogP contribution in [0.1, 0.15) is 54.0 Å². The summed E-state index contributed by atoms with van der Waals surface area (Å²) in [6.45, 7) is 8.67. The molecule has 4 amide bonds. The van der Waals surface area contributed by atoms with Crippen LogP contribution in [0.2, 0.25) is 0 Å². The Labute approximate surface area is 248 Å². The minimum Gasteiger partial charge on any atom is -0.462 e. The zero-order valence-electron chi connectivity index (χ0n) is 24.2. The standard InChI is InChI=1S/C31H34N4O6S/c1-6-41-28(38)20-8-7-9-22(15-20)32-30(40)33-23-16-35(29(39)31(3,4)5)24-11-10-19(2)14-25(24)34(27(23)37)17-26(36)21-12-13-42-18-21/h7-15,18,23H,6,16-17H2,1-5H3,(H2,32,33,40). The molecule has 1 aliphatic rings. The van der Waals surface area contributed by atoms with Crippen molar-refractivity contribution in [3.8, 4) is 0 Å². The number of ketones is 1. The van der Waals surface area contributed by atoms with Gasteiger partial charge < -0.3 is 25.2 Å². The fraction of sp³-hybridized carbons (Fsp3) is 0.323. The molecule has 0 spiro atoms. The maximum absolute atomic E-state index is 14.1. The summed E-state index contributed by atoms with van der Waals surface area (Å²) < 4.78 is 5.03. The van der Waals surface area contributed by atoms with Crippen molar-refractivity contribution in [1.29, 1.82) is 0 Å². The number of esters is 1. The Morgan fingerprint density at radius 2 is 1.79 bits per heavy atom. The molecule has 0 bridgehead atoms. The molecule has 0 fully saturated rings.